The molecule has 0 saturated carbocycles. The Morgan fingerprint density at radius 1 is 1.00 bits per heavy atom. The summed E-state index contributed by atoms with van der Waals surface area (Å²) in [6, 6.07) is 16.5. The molecule has 0 bridgehead atoms. The molecule has 1 saturated heterocycles. The number of hydrogen-bond donors (Lipinski definition) is 0. The van der Waals surface area contributed by atoms with Gasteiger partial charge in [0, 0.05) is 35.2 Å². The lowest BCUT2D eigenvalue weighted by molar-refractivity contribution is 0.238. The molecule has 1 aliphatic heterocycles. The Morgan fingerprint density at radius 2 is 1.88 bits per heavy atom. The van der Waals surface area contributed by atoms with Crippen LogP contribution in [-0.4, -0.2) is 35.7 Å². The summed E-state index contributed by atoms with van der Waals surface area (Å²) in [6.45, 7) is 5.03. The number of rotatable bonds is 6. The zero-order chi connectivity index (χ0) is 17.1. The van der Waals surface area contributed by atoms with Crippen LogP contribution in [0.5, 0.6) is 5.75 Å². The highest BCUT2D eigenvalue weighted by Gasteiger charge is 2.11. The molecule has 1 aliphatic rings. The highest BCUT2D eigenvalue weighted by molar-refractivity contribution is 6.30. The van der Waals surface area contributed by atoms with Crippen molar-refractivity contribution in [2.24, 2.45) is 0 Å². The van der Waals surface area contributed by atoms with Gasteiger partial charge >= 0.3 is 0 Å². The van der Waals surface area contributed by atoms with Crippen molar-refractivity contribution in [3.63, 3.8) is 0 Å². The van der Waals surface area contributed by atoms with Crippen LogP contribution in [0.3, 0.4) is 0 Å². The van der Waals surface area contributed by atoms with E-state index in [0.29, 0.717) is 0 Å². The van der Waals surface area contributed by atoms with E-state index >= 15 is 0 Å². The Bertz CT molecular complexity index is 852. The minimum Gasteiger partial charge on any atom is -0.492 e. The highest BCUT2D eigenvalue weighted by atomic mass is 35.5. The second-order valence-electron chi connectivity index (χ2n) is 6.69. The minimum atomic E-state index is 0.759. The molecular weight excluding hydrogens is 332 g/mol. The molecule has 4 rings (SSSR count). The fourth-order valence-electron chi connectivity index (χ4n) is 3.54. The summed E-state index contributed by atoms with van der Waals surface area (Å²) < 4.78 is 8.20. The van der Waals surface area contributed by atoms with Crippen molar-refractivity contribution in [1.29, 1.82) is 0 Å². The SMILES string of the molecule is Clc1cccc(Cn2ccc3cc(OCCN4CCCC4)ccc32)c1. The van der Waals surface area contributed by atoms with Crippen molar-refractivity contribution >= 4 is 22.5 Å². The van der Waals surface area contributed by atoms with Crippen molar-refractivity contribution < 1.29 is 4.74 Å². The lowest BCUT2D eigenvalue weighted by atomic mass is 10.2. The van der Waals surface area contributed by atoms with Crippen LogP contribution in [0.2, 0.25) is 5.02 Å². The van der Waals surface area contributed by atoms with Crippen LogP contribution < -0.4 is 4.74 Å². The third-order valence-electron chi connectivity index (χ3n) is 4.86. The summed E-state index contributed by atoms with van der Waals surface area (Å²) >= 11 is 6.09. The average molecular weight is 355 g/mol. The molecule has 1 fully saturated rings. The van der Waals surface area contributed by atoms with Gasteiger partial charge in [0.2, 0.25) is 0 Å². The van der Waals surface area contributed by atoms with E-state index in [-0.39, 0.29) is 0 Å². The molecule has 0 amide bonds. The fraction of sp³-hybridized carbons (Fsp3) is 0.333. The van der Waals surface area contributed by atoms with Gasteiger partial charge in [0.25, 0.3) is 0 Å². The second kappa shape index (κ2) is 7.51. The van der Waals surface area contributed by atoms with E-state index in [2.05, 4.69) is 46.0 Å². The van der Waals surface area contributed by atoms with Gasteiger partial charge in [0.15, 0.2) is 0 Å². The Kier molecular flexibility index (Phi) is 4.95. The fourth-order valence-corrected chi connectivity index (χ4v) is 3.75. The first kappa shape index (κ1) is 16.5. The van der Waals surface area contributed by atoms with Crippen LogP contribution >= 0.6 is 11.6 Å². The third kappa shape index (κ3) is 4.00. The second-order valence-corrected chi connectivity index (χ2v) is 7.13. The third-order valence-corrected chi connectivity index (χ3v) is 5.09. The number of nitrogens with zero attached hydrogens (tertiary/aromatic N) is 2. The average Bonchev–Trinajstić information content (AvgIpc) is 3.25. The molecule has 0 aliphatic carbocycles. The molecule has 0 atom stereocenters. The van der Waals surface area contributed by atoms with E-state index in [4.69, 9.17) is 16.3 Å². The van der Waals surface area contributed by atoms with Crippen LogP contribution in [-0.2, 0) is 6.54 Å². The largest absolute Gasteiger partial charge is 0.492 e. The summed E-state index contributed by atoms with van der Waals surface area (Å²) in [5.41, 5.74) is 2.42. The summed E-state index contributed by atoms with van der Waals surface area (Å²) in [5, 5.41) is 1.99. The predicted octanol–water partition coefficient (Wildman–Crippen LogP) is 4.82. The van der Waals surface area contributed by atoms with Gasteiger partial charge in [-0.3, -0.25) is 4.90 Å². The molecule has 1 aromatic heterocycles. The van der Waals surface area contributed by atoms with Gasteiger partial charge in [-0.1, -0.05) is 23.7 Å². The number of likely N-dealkylation sites (tertiary alicyclic amines) is 1. The zero-order valence-electron chi connectivity index (χ0n) is 14.3. The molecule has 0 spiro atoms. The minimum absolute atomic E-state index is 0.759. The monoisotopic (exact) mass is 354 g/mol. The van der Waals surface area contributed by atoms with Gasteiger partial charge in [-0.2, -0.15) is 0 Å². The van der Waals surface area contributed by atoms with Crippen molar-refractivity contribution in [3.05, 3.63) is 65.3 Å². The Morgan fingerprint density at radius 3 is 2.72 bits per heavy atom. The van der Waals surface area contributed by atoms with E-state index < -0.39 is 0 Å². The van der Waals surface area contributed by atoms with Crippen LogP contribution in [0.25, 0.3) is 10.9 Å². The molecule has 0 radical (unpaired) electrons. The standard InChI is InChI=1S/C21H23ClN2O/c22-19-5-3-4-17(14-19)16-24-11-8-18-15-20(6-7-21(18)24)25-13-12-23-9-1-2-10-23/h3-8,11,14-15H,1-2,9-10,12-13,16H2. The number of halogens is 1. The van der Waals surface area contributed by atoms with Crippen molar-refractivity contribution in [1.82, 2.24) is 9.47 Å². The molecule has 0 N–H and O–H groups in total. The van der Waals surface area contributed by atoms with Crippen LogP contribution in [0, 0.1) is 0 Å². The normalized spacial score (nSPS) is 15.1. The van der Waals surface area contributed by atoms with Crippen molar-refractivity contribution in [2.45, 2.75) is 19.4 Å². The molecular formula is C21H23ClN2O. The van der Waals surface area contributed by atoms with E-state index in [1.54, 1.807) is 0 Å². The smallest absolute Gasteiger partial charge is 0.120 e. The number of benzene rings is 2. The summed E-state index contributed by atoms with van der Waals surface area (Å²) in [7, 11) is 0. The maximum Gasteiger partial charge on any atom is 0.120 e. The van der Waals surface area contributed by atoms with Gasteiger partial charge in [-0.15, -0.1) is 0 Å². The first-order chi connectivity index (χ1) is 12.3. The Labute approximate surface area is 153 Å². The molecule has 3 nitrogen and oxygen atoms in total. The Hall–Kier alpha value is -1.97. The topological polar surface area (TPSA) is 17.4 Å². The molecule has 4 heteroatoms. The lowest BCUT2D eigenvalue weighted by Crippen LogP contribution is -2.25. The number of aromatic nitrogens is 1. The molecule has 3 aromatic rings. The molecule has 130 valence electrons. The van der Waals surface area contributed by atoms with Gasteiger partial charge in [0.1, 0.15) is 12.4 Å². The molecule has 2 aromatic carbocycles. The van der Waals surface area contributed by atoms with Gasteiger partial charge in [-0.25, -0.2) is 0 Å². The summed E-state index contributed by atoms with van der Waals surface area (Å²) in [4.78, 5) is 2.47. The molecule has 0 unspecified atom stereocenters. The van der Waals surface area contributed by atoms with E-state index in [1.807, 2.05) is 18.2 Å². The number of ether oxygens (including phenoxy) is 1. The van der Waals surface area contributed by atoms with E-state index in [0.717, 1.165) is 30.5 Å². The van der Waals surface area contributed by atoms with E-state index in [1.165, 1.54) is 42.4 Å². The molecule has 2 heterocycles. The predicted molar refractivity (Wildman–Crippen MR) is 104 cm³/mol. The lowest BCUT2D eigenvalue weighted by Gasteiger charge is -2.15. The summed E-state index contributed by atoms with van der Waals surface area (Å²) in [5.74, 6) is 0.951. The van der Waals surface area contributed by atoms with Crippen LogP contribution in [0.1, 0.15) is 18.4 Å². The van der Waals surface area contributed by atoms with Crippen LogP contribution in [0.4, 0.5) is 0 Å². The first-order valence-electron chi connectivity index (χ1n) is 8.96. The first-order valence-corrected chi connectivity index (χ1v) is 9.34. The van der Waals surface area contributed by atoms with Gasteiger partial charge < -0.3 is 9.30 Å². The number of fused-ring (bicyclic) bond motifs is 1. The summed E-state index contributed by atoms with van der Waals surface area (Å²) in [6.07, 6.45) is 4.78. The molecule has 25 heavy (non-hydrogen) atoms. The highest BCUT2D eigenvalue weighted by Crippen LogP contribution is 2.23. The zero-order valence-corrected chi connectivity index (χ0v) is 15.1. The maximum atomic E-state index is 6.09. The van der Waals surface area contributed by atoms with Gasteiger partial charge in [-0.05, 0) is 67.9 Å². The number of hydrogen-bond acceptors (Lipinski definition) is 2. The van der Waals surface area contributed by atoms with Crippen molar-refractivity contribution in [3.8, 4) is 5.75 Å². The van der Waals surface area contributed by atoms with Crippen molar-refractivity contribution in [2.75, 3.05) is 26.2 Å². The van der Waals surface area contributed by atoms with Gasteiger partial charge in [0.05, 0.1) is 0 Å². The van der Waals surface area contributed by atoms with E-state index in [9.17, 15) is 0 Å². The maximum absolute atomic E-state index is 6.09. The quantitative estimate of drug-likeness (QED) is 0.631. The van der Waals surface area contributed by atoms with Crippen LogP contribution in [0.15, 0.2) is 54.7 Å². The Balaban J connectivity index is 1.43.